The van der Waals surface area contributed by atoms with Crippen LogP contribution in [-0.4, -0.2) is 35.4 Å². The van der Waals surface area contributed by atoms with Gasteiger partial charge in [0.25, 0.3) is 5.69 Å². The average Bonchev–Trinajstić information content (AvgIpc) is 2.62. The van der Waals surface area contributed by atoms with Crippen LogP contribution in [0.2, 0.25) is 5.02 Å². The largest absolute Gasteiger partial charge is 0.366 e. The fourth-order valence-corrected chi connectivity index (χ4v) is 3.42. The Morgan fingerprint density at radius 3 is 2.78 bits per heavy atom. The fraction of sp³-hybridized carbons (Fsp3) is 0.278. The van der Waals surface area contributed by atoms with Gasteiger partial charge in [-0.05, 0) is 23.8 Å². The van der Waals surface area contributed by atoms with E-state index in [0.29, 0.717) is 17.1 Å². The first-order chi connectivity index (χ1) is 12.5. The minimum Gasteiger partial charge on any atom is -0.366 e. The maximum Gasteiger partial charge on any atom is 0.274 e. The Labute approximate surface area is 168 Å². The maximum atomic E-state index is 11.4. The highest BCUT2D eigenvalue weighted by Gasteiger charge is 2.26. The lowest BCUT2D eigenvalue weighted by Crippen LogP contribution is -2.45. The summed E-state index contributed by atoms with van der Waals surface area (Å²) in [4.78, 5) is 24.5. The molecule has 1 unspecified atom stereocenters. The van der Waals surface area contributed by atoms with Crippen molar-refractivity contribution in [2.75, 3.05) is 19.6 Å². The molecule has 1 saturated heterocycles. The number of primary amides is 1. The zero-order chi connectivity index (χ0) is 18.7. The third kappa shape index (κ3) is 4.95. The van der Waals surface area contributed by atoms with Crippen molar-refractivity contribution in [2.24, 2.45) is 5.73 Å². The highest BCUT2D eigenvalue weighted by Crippen LogP contribution is 2.29. The first-order valence-electron chi connectivity index (χ1n) is 8.23. The fourth-order valence-electron chi connectivity index (χ4n) is 3.22. The Balaban J connectivity index is 0.00000261. The summed E-state index contributed by atoms with van der Waals surface area (Å²) >= 11 is 6.11. The van der Waals surface area contributed by atoms with Crippen molar-refractivity contribution in [3.63, 3.8) is 0 Å². The predicted molar refractivity (Wildman–Crippen MR) is 106 cm³/mol. The molecule has 1 amide bonds. The Morgan fingerprint density at radius 1 is 1.33 bits per heavy atom. The van der Waals surface area contributed by atoms with E-state index in [1.165, 1.54) is 12.1 Å². The third-order valence-corrected chi connectivity index (χ3v) is 4.76. The minimum atomic E-state index is -0.682. The lowest BCUT2D eigenvalue weighted by molar-refractivity contribution is -0.385. The molecule has 0 saturated carbocycles. The SMILES string of the molecule is Cl.NC(=O)c1ccc(CN2CCNCC2c2cccc(Cl)c2)c([N+](=O)[O-])c1. The number of rotatable bonds is 5. The highest BCUT2D eigenvalue weighted by atomic mass is 35.5. The van der Waals surface area contributed by atoms with Crippen LogP contribution in [0.1, 0.15) is 27.5 Å². The van der Waals surface area contributed by atoms with Crippen LogP contribution < -0.4 is 11.1 Å². The molecule has 3 N–H and O–H groups in total. The Morgan fingerprint density at radius 2 is 2.11 bits per heavy atom. The smallest absolute Gasteiger partial charge is 0.274 e. The molecule has 3 rings (SSSR count). The molecule has 0 bridgehead atoms. The van der Waals surface area contributed by atoms with Crippen LogP contribution in [0.15, 0.2) is 42.5 Å². The third-order valence-electron chi connectivity index (χ3n) is 4.53. The highest BCUT2D eigenvalue weighted by molar-refractivity contribution is 6.30. The van der Waals surface area contributed by atoms with Gasteiger partial charge >= 0.3 is 0 Å². The molecule has 27 heavy (non-hydrogen) atoms. The number of hydrogen-bond acceptors (Lipinski definition) is 5. The van der Waals surface area contributed by atoms with Crippen LogP contribution in [0.25, 0.3) is 0 Å². The molecule has 2 aromatic rings. The van der Waals surface area contributed by atoms with Crippen molar-refractivity contribution in [2.45, 2.75) is 12.6 Å². The first-order valence-corrected chi connectivity index (χ1v) is 8.61. The molecule has 0 aromatic heterocycles. The topological polar surface area (TPSA) is 102 Å². The summed E-state index contributed by atoms with van der Waals surface area (Å²) < 4.78 is 0. The van der Waals surface area contributed by atoms with Crippen molar-refractivity contribution < 1.29 is 9.72 Å². The molecule has 9 heteroatoms. The van der Waals surface area contributed by atoms with Gasteiger partial charge in [-0.15, -0.1) is 12.4 Å². The van der Waals surface area contributed by atoms with Crippen molar-refractivity contribution in [3.8, 4) is 0 Å². The summed E-state index contributed by atoms with van der Waals surface area (Å²) in [6.45, 7) is 2.66. The van der Waals surface area contributed by atoms with Crippen LogP contribution in [0.5, 0.6) is 0 Å². The number of benzene rings is 2. The molecule has 144 valence electrons. The monoisotopic (exact) mass is 410 g/mol. The molecule has 1 aliphatic rings. The quantitative estimate of drug-likeness (QED) is 0.582. The maximum absolute atomic E-state index is 11.4. The van der Waals surface area contributed by atoms with E-state index in [1.807, 2.05) is 24.3 Å². The van der Waals surface area contributed by atoms with Crippen molar-refractivity contribution in [1.82, 2.24) is 10.2 Å². The van der Waals surface area contributed by atoms with Gasteiger partial charge in [0.15, 0.2) is 0 Å². The Kier molecular flexibility index (Phi) is 7.15. The number of carbonyl (C=O) groups is 1. The van der Waals surface area contributed by atoms with Gasteiger partial charge in [0.1, 0.15) is 0 Å². The Bertz CT molecular complexity index is 847. The molecular formula is C18H20Cl2N4O3. The zero-order valence-electron chi connectivity index (χ0n) is 14.4. The normalized spacial score (nSPS) is 17.1. The number of nitrogens with zero attached hydrogens (tertiary/aromatic N) is 2. The molecule has 1 aliphatic heterocycles. The summed E-state index contributed by atoms with van der Waals surface area (Å²) in [7, 11) is 0. The number of carbonyl (C=O) groups excluding carboxylic acids is 1. The van der Waals surface area contributed by atoms with Gasteiger partial charge in [-0.1, -0.05) is 29.8 Å². The first kappa shape index (κ1) is 21.1. The van der Waals surface area contributed by atoms with Crippen LogP contribution in [0.3, 0.4) is 0 Å². The van der Waals surface area contributed by atoms with E-state index in [2.05, 4.69) is 10.2 Å². The molecular weight excluding hydrogens is 391 g/mol. The number of nitrogens with one attached hydrogen (secondary N) is 1. The number of nitro groups is 1. The van der Waals surface area contributed by atoms with Gasteiger partial charge < -0.3 is 11.1 Å². The molecule has 1 heterocycles. The van der Waals surface area contributed by atoms with E-state index in [-0.39, 0.29) is 29.7 Å². The predicted octanol–water partition coefficient (Wildman–Crippen LogP) is 2.92. The lowest BCUT2D eigenvalue weighted by Gasteiger charge is -2.36. The van der Waals surface area contributed by atoms with Gasteiger partial charge in [-0.3, -0.25) is 19.8 Å². The van der Waals surface area contributed by atoms with Crippen LogP contribution in [0, 0.1) is 10.1 Å². The van der Waals surface area contributed by atoms with Gasteiger partial charge in [0.2, 0.25) is 5.91 Å². The van der Waals surface area contributed by atoms with E-state index in [9.17, 15) is 14.9 Å². The van der Waals surface area contributed by atoms with Gasteiger partial charge in [-0.2, -0.15) is 0 Å². The van der Waals surface area contributed by atoms with E-state index in [1.54, 1.807) is 6.07 Å². The zero-order valence-corrected chi connectivity index (χ0v) is 16.0. The van der Waals surface area contributed by atoms with Crippen LogP contribution >= 0.6 is 24.0 Å². The molecule has 0 radical (unpaired) electrons. The van der Waals surface area contributed by atoms with Crippen molar-refractivity contribution in [3.05, 3.63) is 74.3 Å². The summed E-state index contributed by atoms with van der Waals surface area (Å²) in [5.74, 6) is -0.682. The molecule has 1 fully saturated rings. The van der Waals surface area contributed by atoms with Gasteiger partial charge in [0.05, 0.1) is 4.92 Å². The molecule has 2 aromatic carbocycles. The number of halogens is 2. The van der Waals surface area contributed by atoms with E-state index < -0.39 is 10.8 Å². The number of nitro benzene ring substituents is 1. The summed E-state index contributed by atoms with van der Waals surface area (Å²) in [5.41, 5.74) is 6.88. The number of piperazine rings is 1. The van der Waals surface area contributed by atoms with E-state index in [0.717, 1.165) is 25.2 Å². The second kappa shape index (κ2) is 9.14. The standard InChI is InChI=1S/C18H19ClN4O3.ClH/c19-15-3-1-2-12(8-15)17-10-21-6-7-22(17)11-14-5-4-13(18(20)24)9-16(14)23(25)26;/h1-5,8-9,17,21H,6-7,10-11H2,(H2,20,24);1H. The van der Waals surface area contributed by atoms with Crippen molar-refractivity contribution in [1.29, 1.82) is 0 Å². The second-order valence-corrected chi connectivity index (χ2v) is 6.65. The summed E-state index contributed by atoms with van der Waals surface area (Å²) in [6.07, 6.45) is 0. The molecule has 0 aliphatic carbocycles. The number of nitrogens with two attached hydrogens (primary N) is 1. The van der Waals surface area contributed by atoms with Crippen molar-refractivity contribution >= 4 is 35.6 Å². The summed E-state index contributed by atoms with van der Waals surface area (Å²) in [5, 5.41) is 15.4. The van der Waals surface area contributed by atoms with E-state index >= 15 is 0 Å². The van der Waals surface area contributed by atoms with Crippen LogP contribution in [0.4, 0.5) is 5.69 Å². The molecule has 0 spiro atoms. The second-order valence-electron chi connectivity index (χ2n) is 6.21. The lowest BCUT2D eigenvalue weighted by atomic mass is 10.0. The van der Waals surface area contributed by atoms with Gasteiger partial charge in [-0.25, -0.2) is 0 Å². The number of amides is 1. The minimum absolute atomic E-state index is 0. The van der Waals surface area contributed by atoms with Gasteiger partial charge in [0, 0.05) is 54.4 Å². The molecule has 1 atom stereocenters. The summed E-state index contributed by atoms with van der Waals surface area (Å²) in [6, 6.07) is 12.1. The van der Waals surface area contributed by atoms with Crippen LogP contribution in [-0.2, 0) is 6.54 Å². The van der Waals surface area contributed by atoms with E-state index in [4.69, 9.17) is 17.3 Å². The number of hydrogen-bond donors (Lipinski definition) is 2. The Hall–Kier alpha value is -2.19. The molecule has 7 nitrogen and oxygen atoms in total. The average molecular weight is 411 g/mol.